The highest BCUT2D eigenvalue weighted by molar-refractivity contribution is 5.35. The van der Waals surface area contributed by atoms with Gasteiger partial charge < -0.3 is 10.8 Å². The van der Waals surface area contributed by atoms with Crippen molar-refractivity contribution >= 4 is 0 Å². The third-order valence-electron chi connectivity index (χ3n) is 1.96. The van der Waals surface area contributed by atoms with E-state index in [0.717, 1.165) is 5.57 Å². The topological polar surface area (TPSA) is 46.2 Å². The monoisotopic (exact) mass is 195 g/mol. The standard InChI is InChI=1S/C11H14FNO/c1-7(2)5-10(13)9-6-8(12)3-4-11(9)14/h3-4,6,10,14H,1,5,13H2,2H3/t10-/m0/s1. The Kier molecular flexibility index (Phi) is 3.25. The van der Waals surface area contributed by atoms with Crippen LogP contribution in [0.15, 0.2) is 30.4 Å². The fourth-order valence-corrected chi connectivity index (χ4v) is 1.31. The first kappa shape index (κ1) is 10.7. The Morgan fingerprint density at radius 3 is 2.86 bits per heavy atom. The Balaban J connectivity index is 2.93. The van der Waals surface area contributed by atoms with Gasteiger partial charge in [-0.2, -0.15) is 0 Å². The van der Waals surface area contributed by atoms with E-state index in [0.29, 0.717) is 12.0 Å². The molecule has 76 valence electrons. The second-order valence-corrected chi connectivity index (χ2v) is 3.47. The van der Waals surface area contributed by atoms with Gasteiger partial charge in [-0.3, -0.25) is 0 Å². The molecule has 0 aliphatic carbocycles. The predicted octanol–water partition coefficient (Wildman–Crippen LogP) is 2.50. The number of aromatic hydroxyl groups is 1. The molecule has 1 aromatic rings. The van der Waals surface area contributed by atoms with Gasteiger partial charge in [0.25, 0.3) is 0 Å². The molecular formula is C11H14FNO. The van der Waals surface area contributed by atoms with Crippen LogP contribution in [0.25, 0.3) is 0 Å². The molecule has 0 unspecified atom stereocenters. The Labute approximate surface area is 82.9 Å². The van der Waals surface area contributed by atoms with Gasteiger partial charge in [0.15, 0.2) is 0 Å². The number of phenols is 1. The molecule has 0 saturated heterocycles. The molecule has 1 rings (SSSR count). The van der Waals surface area contributed by atoms with Gasteiger partial charge in [-0.1, -0.05) is 5.57 Å². The molecule has 1 atom stereocenters. The number of benzene rings is 1. The van der Waals surface area contributed by atoms with E-state index in [1.165, 1.54) is 18.2 Å². The molecule has 2 nitrogen and oxygen atoms in total. The summed E-state index contributed by atoms with van der Waals surface area (Å²) in [6.07, 6.45) is 0.539. The molecule has 0 amide bonds. The first-order chi connectivity index (χ1) is 6.50. The van der Waals surface area contributed by atoms with E-state index >= 15 is 0 Å². The lowest BCUT2D eigenvalue weighted by Gasteiger charge is -2.13. The maximum Gasteiger partial charge on any atom is 0.123 e. The fraction of sp³-hybridized carbons (Fsp3) is 0.273. The fourth-order valence-electron chi connectivity index (χ4n) is 1.31. The van der Waals surface area contributed by atoms with Crippen LogP contribution in [-0.4, -0.2) is 5.11 Å². The summed E-state index contributed by atoms with van der Waals surface area (Å²) in [5, 5.41) is 9.44. The van der Waals surface area contributed by atoms with Gasteiger partial charge in [0.2, 0.25) is 0 Å². The summed E-state index contributed by atoms with van der Waals surface area (Å²) in [6.45, 7) is 5.56. The molecule has 0 saturated carbocycles. The highest BCUT2D eigenvalue weighted by atomic mass is 19.1. The zero-order valence-electron chi connectivity index (χ0n) is 8.13. The van der Waals surface area contributed by atoms with Crippen molar-refractivity contribution in [2.75, 3.05) is 0 Å². The minimum Gasteiger partial charge on any atom is -0.508 e. The number of rotatable bonds is 3. The number of halogens is 1. The molecule has 14 heavy (non-hydrogen) atoms. The summed E-state index contributed by atoms with van der Waals surface area (Å²) >= 11 is 0. The average molecular weight is 195 g/mol. The van der Waals surface area contributed by atoms with Gasteiger partial charge in [0.1, 0.15) is 11.6 Å². The van der Waals surface area contributed by atoms with E-state index in [9.17, 15) is 9.50 Å². The van der Waals surface area contributed by atoms with E-state index in [4.69, 9.17) is 5.73 Å². The van der Waals surface area contributed by atoms with Crippen LogP contribution in [0.4, 0.5) is 4.39 Å². The third-order valence-corrected chi connectivity index (χ3v) is 1.96. The van der Waals surface area contributed by atoms with Crippen LogP contribution >= 0.6 is 0 Å². The Bertz CT molecular complexity index is 349. The van der Waals surface area contributed by atoms with Gasteiger partial charge in [-0.15, -0.1) is 6.58 Å². The van der Waals surface area contributed by atoms with Crippen LogP contribution in [-0.2, 0) is 0 Å². The first-order valence-corrected chi connectivity index (χ1v) is 4.39. The summed E-state index contributed by atoms with van der Waals surface area (Å²) in [5.74, 6) is -0.366. The summed E-state index contributed by atoms with van der Waals surface area (Å²) in [7, 11) is 0. The van der Waals surface area contributed by atoms with Crippen molar-refractivity contribution in [1.82, 2.24) is 0 Å². The molecule has 0 radical (unpaired) electrons. The molecule has 0 bridgehead atoms. The summed E-state index contributed by atoms with van der Waals surface area (Å²) in [5.41, 5.74) is 7.11. The number of phenolic OH excluding ortho intramolecular Hbond substituents is 1. The highest BCUT2D eigenvalue weighted by Crippen LogP contribution is 2.26. The summed E-state index contributed by atoms with van der Waals surface area (Å²) < 4.78 is 12.9. The van der Waals surface area contributed by atoms with Crippen molar-refractivity contribution < 1.29 is 9.50 Å². The molecule has 0 spiro atoms. The van der Waals surface area contributed by atoms with Crippen LogP contribution in [0.3, 0.4) is 0 Å². The van der Waals surface area contributed by atoms with E-state index in [1.807, 2.05) is 6.92 Å². The lowest BCUT2D eigenvalue weighted by atomic mass is 10.0. The lowest BCUT2D eigenvalue weighted by Crippen LogP contribution is -2.10. The van der Waals surface area contributed by atoms with Gasteiger partial charge in [0.05, 0.1) is 0 Å². The van der Waals surface area contributed by atoms with E-state index in [-0.39, 0.29) is 5.75 Å². The van der Waals surface area contributed by atoms with Crippen molar-refractivity contribution in [2.45, 2.75) is 19.4 Å². The molecule has 0 heterocycles. The highest BCUT2D eigenvalue weighted by Gasteiger charge is 2.11. The average Bonchev–Trinajstić information content (AvgIpc) is 2.08. The molecule has 1 aromatic carbocycles. The molecule has 0 aliphatic heterocycles. The van der Waals surface area contributed by atoms with E-state index in [2.05, 4.69) is 6.58 Å². The SMILES string of the molecule is C=C(C)C[C@H](N)c1cc(F)ccc1O. The predicted molar refractivity (Wildman–Crippen MR) is 54.4 cm³/mol. The minimum atomic E-state index is -0.400. The van der Waals surface area contributed by atoms with Crippen LogP contribution in [0.2, 0.25) is 0 Å². The maximum atomic E-state index is 12.9. The zero-order chi connectivity index (χ0) is 10.7. The van der Waals surface area contributed by atoms with Crippen molar-refractivity contribution in [1.29, 1.82) is 0 Å². The van der Waals surface area contributed by atoms with Crippen molar-refractivity contribution in [3.8, 4) is 5.75 Å². The minimum absolute atomic E-state index is 0.0279. The van der Waals surface area contributed by atoms with Crippen molar-refractivity contribution in [2.24, 2.45) is 5.73 Å². The lowest BCUT2D eigenvalue weighted by molar-refractivity contribution is 0.458. The molecule has 0 fully saturated rings. The Morgan fingerprint density at radius 1 is 1.64 bits per heavy atom. The van der Waals surface area contributed by atoms with Gasteiger partial charge in [0, 0.05) is 11.6 Å². The molecule has 0 aliphatic rings. The van der Waals surface area contributed by atoms with E-state index < -0.39 is 11.9 Å². The van der Waals surface area contributed by atoms with Crippen LogP contribution < -0.4 is 5.73 Å². The summed E-state index contributed by atoms with van der Waals surface area (Å²) in [4.78, 5) is 0. The third kappa shape index (κ3) is 2.57. The smallest absolute Gasteiger partial charge is 0.123 e. The van der Waals surface area contributed by atoms with Crippen LogP contribution in [0, 0.1) is 5.82 Å². The molecular weight excluding hydrogens is 181 g/mol. The molecule has 0 aromatic heterocycles. The molecule has 3 N–H and O–H groups in total. The Hall–Kier alpha value is -1.35. The van der Waals surface area contributed by atoms with Crippen LogP contribution in [0.1, 0.15) is 24.9 Å². The quantitative estimate of drug-likeness (QED) is 0.728. The first-order valence-electron chi connectivity index (χ1n) is 4.39. The number of nitrogens with two attached hydrogens (primary N) is 1. The van der Waals surface area contributed by atoms with E-state index in [1.54, 1.807) is 0 Å². The second-order valence-electron chi connectivity index (χ2n) is 3.47. The Morgan fingerprint density at radius 2 is 2.29 bits per heavy atom. The number of hydrogen-bond acceptors (Lipinski definition) is 2. The number of hydrogen-bond donors (Lipinski definition) is 2. The van der Waals surface area contributed by atoms with Crippen LogP contribution in [0.5, 0.6) is 5.75 Å². The molecule has 3 heteroatoms. The van der Waals surface area contributed by atoms with Crippen molar-refractivity contribution in [3.63, 3.8) is 0 Å². The van der Waals surface area contributed by atoms with Gasteiger partial charge in [-0.05, 0) is 31.5 Å². The summed E-state index contributed by atoms with van der Waals surface area (Å²) in [6, 6.07) is 3.36. The van der Waals surface area contributed by atoms with Crippen molar-refractivity contribution in [3.05, 3.63) is 41.7 Å². The normalized spacial score (nSPS) is 12.5. The van der Waals surface area contributed by atoms with Gasteiger partial charge in [-0.25, -0.2) is 4.39 Å². The second kappa shape index (κ2) is 4.24. The van der Waals surface area contributed by atoms with Gasteiger partial charge >= 0.3 is 0 Å². The largest absolute Gasteiger partial charge is 0.508 e. The zero-order valence-corrected chi connectivity index (χ0v) is 8.13. The maximum absolute atomic E-state index is 12.9.